The summed E-state index contributed by atoms with van der Waals surface area (Å²) in [6, 6.07) is 0.191. The first-order chi connectivity index (χ1) is 13.2. The van der Waals surface area contributed by atoms with Gasteiger partial charge in [-0.05, 0) is 52.3 Å². The van der Waals surface area contributed by atoms with Gasteiger partial charge in [0, 0.05) is 24.0 Å². The molecule has 0 saturated carbocycles. The number of fused-ring (bicyclic) bond motifs is 1. The second kappa shape index (κ2) is 6.90. The first-order valence-corrected chi connectivity index (χ1v) is 10.5. The number of rotatable bonds is 3. The van der Waals surface area contributed by atoms with Crippen molar-refractivity contribution in [1.29, 1.82) is 0 Å². The highest BCUT2D eigenvalue weighted by molar-refractivity contribution is 5.98. The van der Waals surface area contributed by atoms with Crippen LogP contribution in [0.5, 0.6) is 0 Å². The first kappa shape index (κ1) is 19.5. The van der Waals surface area contributed by atoms with Crippen LogP contribution in [0.4, 0.5) is 0 Å². The Morgan fingerprint density at radius 3 is 2.64 bits per heavy atom. The molecule has 6 heteroatoms. The van der Waals surface area contributed by atoms with Crippen molar-refractivity contribution in [3.8, 4) is 0 Å². The highest BCUT2D eigenvalue weighted by Gasteiger charge is 2.49. The topological polar surface area (TPSA) is 63.2 Å². The fourth-order valence-corrected chi connectivity index (χ4v) is 5.02. The number of nitrogens with zero attached hydrogens (tertiary/aromatic N) is 2. The van der Waals surface area contributed by atoms with E-state index in [0.717, 1.165) is 49.6 Å². The molecule has 4 rings (SSSR count). The van der Waals surface area contributed by atoms with Gasteiger partial charge in [-0.25, -0.2) is 5.01 Å². The van der Waals surface area contributed by atoms with Gasteiger partial charge in [0.15, 0.2) is 5.76 Å². The Bertz CT molecular complexity index is 744. The molecule has 6 nitrogen and oxygen atoms in total. The van der Waals surface area contributed by atoms with Crippen LogP contribution in [0.1, 0.15) is 53.4 Å². The Morgan fingerprint density at radius 1 is 1.25 bits per heavy atom. The number of ether oxygens (including phenoxy) is 2. The molecule has 1 aliphatic carbocycles. The summed E-state index contributed by atoms with van der Waals surface area (Å²) < 4.78 is 11.8. The van der Waals surface area contributed by atoms with Gasteiger partial charge in [0.05, 0.1) is 18.6 Å². The molecule has 4 aliphatic rings. The quantitative estimate of drug-likeness (QED) is 0.808. The molecule has 2 saturated heterocycles. The van der Waals surface area contributed by atoms with Crippen LogP contribution in [-0.2, 0) is 14.3 Å². The molecule has 2 atom stereocenters. The minimum Gasteiger partial charge on any atom is -0.493 e. The van der Waals surface area contributed by atoms with Crippen molar-refractivity contribution >= 4 is 11.6 Å². The van der Waals surface area contributed by atoms with Gasteiger partial charge in [-0.15, -0.1) is 0 Å². The number of hydrazone groups is 1. The molecule has 3 aliphatic heterocycles. The fourth-order valence-electron chi connectivity index (χ4n) is 5.02. The van der Waals surface area contributed by atoms with Gasteiger partial charge in [-0.3, -0.25) is 4.79 Å². The van der Waals surface area contributed by atoms with E-state index in [9.17, 15) is 4.79 Å². The van der Waals surface area contributed by atoms with Crippen molar-refractivity contribution in [2.75, 3.05) is 20.2 Å². The standard InChI is InChI=1S/C22H33N3O3/c1-21(2)13-17(24-25(20(21)26)14-8-10-23-11-9-14)15-6-7-18(27-5)19-16(15)12-22(3,4)28-19/h6-7,14-16,23H,8-13H2,1-5H3. The van der Waals surface area contributed by atoms with Gasteiger partial charge in [0.1, 0.15) is 11.4 Å². The second-order valence-electron chi connectivity index (χ2n) is 9.77. The van der Waals surface area contributed by atoms with E-state index in [4.69, 9.17) is 14.6 Å². The summed E-state index contributed by atoms with van der Waals surface area (Å²) >= 11 is 0. The molecule has 0 spiro atoms. The predicted octanol–water partition coefficient (Wildman–Crippen LogP) is 3.21. The summed E-state index contributed by atoms with van der Waals surface area (Å²) in [5.41, 5.74) is 0.442. The van der Waals surface area contributed by atoms with Crippen molar-refractivity contribution in [2.45, 2.75) is 65.0 Å². The lowest BCUT2D eigenvalue weighted by Crippen LogP contribution is -2.52. The molecule has 154 valence electrons. The van der Waals surface area contributed by atoms with E-state index < -0.39 is 5.41 Å². The molecular formula is C22H33N3O3. The summed E-state index contributed by atoms with van der Waals surface area (Å²) in [5, 5.41) is 10.2. The largest absolute Gasteiger partial charge is 0.493 e. The predicted molar refractivity (Wildman–Crippen MR) is 109 cm³/mol. The van der Waals surface area contributed by atoms with Crippen LogP contribution in [0.25, 0.3) is 0 Å². The van der Waals surface area contributed by atoms with Crippen molar-refractivity contribution in [3.05, 3.63) is 23.7 Å². The fraction of sp³-hybridized carbons (Fsp3) is 0.727. The number of amides is 1. The minimum atomic E-state index is -0.434. The number of carbonyl (C=O) groups excluding carboxylic acids is 1. The zero-order valence-electron chi connectivity index (χ0n) is 17.7. The summed E-state index contributed by atoms with van der Waals surface area (Å²) in [6.07, 6.45) is 7.73. The van der Waals surface area contributed by atoms with E-state index >= 15 is 0 Å². The highest BCUT2D eigenvalue weighted by Crippen LogP contribution is 2.48. The maximum absolute atomic E-state index is 13.1. The lowest BCUT2D eigenvalue weighted by Gasteiger charge is -2.42. The smallest absolute Gasteiger partial charge is 0.248 e. The molecule has 3 heterocycles. The Kier molecular flexibility index (Phi) is 4.81. The highest BCUT2D eigenvalue weighted by atomic mass is 16.5. The molecule has 28 heavy (non-hydrogen) atoms. The van der Waals surface area contributed by atoms with Gasteiger partial charge in [-0.2, -0.15) is 5.10 Å². The van der Waals surface area contributed by atoms with Crippen molar-refractivity contribution in [2.24, 2.45) is 22.4 Å². The molecule has 2 unspecified atom stereocenters. The van der Waals surface area contributed by atoms with Crippen LogP contribution in [0.3, 0.4) is 0 Å². The Morgan fingerprint density at radius 2 is 1.96 bits per heavy atom. The van der Waals surface area contributed by atoms with Crippen molar-refractivity contribution in [1.82, 2.24) is 10.3 Å². The number of hydrogen-bond donors (Lipinski definition) is 1. The lowest BCUT2D eigenvalue weighted by molar-refractivity contribution is -0.144. The maximum atomic E-state index is 13.1. The molecule has 0 aromatic rings. The molecule has 1 N–H and O–H groups in total. The van der Waals surface area contributed by atoms with Crippen LogP contribution < -0.4 is 5.32 Å². The molecular weight excluding hydrogens is 354 g/mol. The number of methoxy groups -OCH3 is 1. The van der Waals surface area contributed by atoms with E-state index in [2.05, 4.69) is 39.1 Å². The van der Waals surface area contributed by atoms with Crippen LogP contribution in [0.15, 0.2) is 28.8 Å². The molecule has 1 amide bonds. The third-order valence-electron chi connectivity index (χ3n) is 6.47. The lowest BCUT2D eigenvalue weighted by atomic mass is 9.73. The number of allylic oxidation sites excluding steroid dienone is 3. The zero-order valence-corrected chi connectivity index (χ0v) is 17.7. The number of piperidine rings is 1. The van der Waals surface area contributed by atoms with Gasteiger partial charge >= 0.3 is 0 Å². The summed E-state index contributed by atoms with van der Waals surface area (Å²) in [6.45, 7) is 10.2. The van der Waals surface area contributed by atoms with Crippen LogP contribution in [0, 0.1) is 17.3 Å². The Hall–Kier alpha value is -1.82. The summed E-state index contributed by atoms with van der Waals surface area (Å²) in [5.74, 6) is 2.26. The SMILES string of the molecule is COC1=C2OC(C)(C)CC2C(C2=NN(C3CCNCC3)C(=O)C(C)(C)C2)C=C1. The normalized spacial score (nSPS) is 32.1. The van der Waals surface area contributed by atoms with E-state index in [1.807, 2.05) is 11.1 Å². The van der Waals surface area contributed by atoms with Gasteiger partial charge in [0.2, 0.25) is 5.91 Å². The van der Waals surface area contributed by atoms with E-state index in [-0.39, 0.29) is 29.4 Å². The average molecular weight is 388 g/mol. The second-order valence-corrected chi connectivity index (χ2v) is 9.77. The zero-order chi connectivity index (χ0) is 20.1. The first-order valence-electron chi connectivity index (χ1n) is 10.5. The maximum Gasteiger partial charge on any atom is 0.248 e. The molecule has 0 bridgehead atoms. The van der Waals surface area contributed by atoms with Crippen LogP contribution in [-0.4, -0.2) is 48.5 Å². The Labute approximate surface area is 168 Å². The van der Waals surface area contributed by atoms with Crippen molar-refractivity contribution in [3.63, 3.8) is 0 Å². The van der Waals surface area contributed by atoms with Gasteiger partial charge in [0.25, 0.3) is 0 Å². The summed E-state index contributed by atoms with van der Waals surface area (Å²) in [7, 11) is 1.69. The number of carbonyl (C=O) groups is 1. The minimum absolute atomic E-state index is 0.146. The monoisotopic (exact) mass is 387 g/mol. The third kappa shape index (κ3) is 3.36. The number of nitrogens with one attached hydrogen (secondary N) is 1. The van der Waals surface area contributed by atoms with E-state index in [1.165, 1.54) is 0 Å². The van der Waals surface area contributed by atoms with Gasteiger partial charge < -0.3 is 14.8 Å². The van der Waals surface area contributed by atoms with Crippen molar-refractivity contribution < 1.29 is 14.3 Å². The van der Waals surface area contributed by atoms with E-state index in [0.29, 0.717) is 6.42 Å². The van der Waals surface area contributed by atoms with Crippen LogP contribution >= 0.6 is 0 Å². The van der Waals surface area contributed by atoms with E-state index in [1.54, 1.807) is 7.11 Å². The third-order valence-corrected chi connectivity index (χ3v) is 6.47. The van der Waals surface area contributed by atoms with Gasteiger partial charge in [-0.1, -0.05) is 19.9 Å². The summed E-state index contributed by atoms with van der Waals surface area (Å²) in [4.78, 5) is 13.1. The average Bonchev–Trinajstić information content (AvgIpc) is 2.98. The molecule has 2 fully saturated rings. The molecule has 0 radical (unpaired) electrons. The number of hydrogen-bond acceptors (Lipinski definition) is 5. The molecule has 0 aromatic carbocycles. The Balaban J connectivity index is 1.68. The van der Waals surface area contributed by atoms with Crippen LogP contribution in [0.2, 0.25) is 0 Å². The molecule has 0 aromatic heterocycles.